The van der Waals surface area contributed by atoms with Crippen molar-refractivity contribution in [2.45, 2.75) is 6.92 Å². The van der Waals surface area contributed by atoms with Crippen molar-refractivity contribution in [3.63, 3.8) is 0 Å². The van der Waals surface area contributed by atoms with Crippen LogP contribution in [0.25, 0.3) is 27.7 Å². The Bertz CT molecular complexity index is 1550. The summed E-state index contributed by atoms with van der Waals surface area (Å²) in [4.78, 5) is 27.1. The number of benzene rings is 1. The smallest absolute Gasteiger partial charge is 0.259 e. The van der Waals surface area contributed by atoms with E-state index in [0.717, 1.165) is 65.5 Å². The van der Waals surface area contributed by atoms with Crippen LogP contribution < -0.4 is 15.8 Å². The Morgan fingerprint density at radius 2 is 1.91 bits per heavy atom. The first-order valence-corrected chi connectivity index (χ1v) is 11.3. The molecule has 1 aromatic carbocycles. The average Bonchev–Trinajstić information content (AvgIpc) is 3.34. The maximum atomic E-state index is 12.7. The Hall–Kier alpha value is -4.17. The molecule has 8 heteroatoms. The van der Waals surface area contributed by atoms with Crippen molar-refractivity contribution in [2.75, 3.05) is 36.5 Å². The van der Waals surface area contributed by atoms with E-state index in [1.807, 2.05) is 48.0 Å². The minimum atomic E-state index is -0.176. The van der Waals surface area contributed by atoms with Gasteiger partial charge < -0.3 is 24.3 Å². The van der Waals surface area contributed by atoms with Gasteiger partial charge in [0.05, 0.1) is 24.3 Å². The van der Waals surface area contributed by atoms with E-state index in [-0.39, 0.29) is 5.56 Å². The molecule has 0 unspecified atom stereocenters. The minimum Gasteiger partial charge on any atom is -0.378 e. The molecule has 0 radical (unpaired) electrons. The fraction of sp³-hybridized carbons (Fsp3) is 0.192. The number of rotatable bonds is 4. The van der Waals surface area contributed by atoms with Gasteiger partial charge in [-0.25, -0.2) is 9.97 Å². The van der Waals surface area contributed by atoms with Crippen LogP contribution in [0.4, 0.5) is 17.2 Å². The van der Waals surface area contributed by atoms with E-state index >= 15 is 0 Å². The summed E-state index contributed by atoms with van der Waals surface area (Å²) in [6, 6.07) is 14.1. The van der Waals surface area contributed by atoms with Crippen LogP contribution in [0, 0.1) is 6.92 Å². The molecule has 0 saturated carbocycles. The normalized spacial score (nSPS) is 14.1. The van der Waals surface area contributed by atoms with E-state index in [1.54, 1.807) is 12.4 Å². The number of morpholine rings is 1. The summed E-state index contributed by atoms with van der Waals surface area (Å²) in [5.74, 6) is 0.525. The van der Waals surface area contributed by atoms with Gasteiger partial charge in [-0.15, -0.1) is 0 Å². The number of H-pyrrole nitrogens is 1. The van der Waals surface area contributed by atoms with Gasteiger partial charge in [-0.2, -0.15) is 0 Å². The summed E-state index contributed by atoms with van der Waals surface area (Å²) >= 11 is 0. The third-order valence-corrected chi connectivity index (χ3v) is 6.23. The molecule has 0 aliphatic carbocycles. The monoisotopic (exact) mass is 452 g/mol. The van der Waals surface area contributed by atoms with Crippen LogP contribution in [0.15, 0.2) is 72.0 Å². The number of imidazole rings is 1. The largest absolute Gasteiger partial charge is 0.378 e. The number of hydrogen-bond acceptors (Lipinski definition) is 6. The second-order valence-corrected chi connectivity index (χ2v) is 8.47. The molecule has 5 heterocycles. The summed E-state index contributed by atoms with van der Waals surface area (Å²) in [6.07, 6.45) is 7.39. The maximum Gasteiger partial charge on any atom is 0.259 e. The van der Waals surface area contributed by atoms with E-state index in [9.17, 15) is 4.79 Å². The number of aryl methyl sites for hydroxylation is 1. The highest BCUT2D eigenvalue weighted by molar-refractivity contribution is 5.95. The first-order chi connectivity index (χ1) is 16.7. The number of nitrogens with zero attached hydrogens (tertiary/aromatic N) is 4. The van der Waals surface area contributed by atoms with Crippen LogP contribution in [0.2, 0.25) is 0 Å². The Morgan fingerprint density at radius 3 is 2.74 bits per heavy atom. The van der Waals surface area contributed by atoms with E-state index in [4.69, 9.17) is 9.72 Å². The summed E-state index contributed by atoms with van der Waals surface area (Å²) in [5.41, 5.74) is 5.56. The van der Waals surface area contributed by atoms with Crippen LogP contribution in [0.3, 0.4) is 0 Å². The van der Waals surface area contributed by atoms with E-state index < -0.39 is 0 Å². The molecule has 0 amide bonds. The second-order valence-electron chi connectivity index (χ2n) is 8.47. The minimum absolute atomic E-state index is 0.176. The standard InChI is InChI=1S/C26H24N6O2/c1-17-14-19(16-32-9-8-27-25(17)32)22-15-18-6-7-28-26(33)23(18)24(30-22)29-20-2-4-21(5-3-20)31-10-12-34-13-11-31/h2-9,14-16H,10-13H2,1H3,(H,28,33)(H,29,30). The number of ether oxygens (including phenoxy) is 1. The molecule has 1 saturated heterocycles. The molecule has 1 aliphatic heterocycles. The molecule has 34 heavy (non-hydrogen) atoms. The molecule has 8 nitrogen and oxygen atoms in total. The number of aromatic amines is 1. The highest BCUT2D eigenvalue weighted by Gasteiger charge is 2.14. The number of hydrogen-bond donors (Lipinski definition) is 2. The van der Waals surface area contributed by atoms with Gasteiger partial charge in [0.15, 0.2) is 0 Å². The SMILES string of the molecule is Cc1cc(-c2cc3cc[nH]c(=O)c3c(Nc3ccc(N4CCOCC4)cc3)n2)cn2ccnc12. The lowest BCUT2D eigenvalue weighted by molar-refractivity contribution is 0.122. The van der Waals surface area contributed by atoms with Crippen molar-refractivity contribution in [1.82, 2.24) is 19.4 Å². The zero-order valence-electron chi connectivity index (χ0n) is 18.8. The predicted molar refractivity (Wildman–Crippen MR) is 134 cm³/mol. The lowest BCUT2D eigenvalue weighted by Gasteiger charge is -2.28. The van der Waals surface area contributed by atoms with E-state index in [2.05, 4.69) is 38.4 Å². The molecule has 1 aliphatic rings. The summed E-state index contributed by atoms with van der Waals surface area (Å²) < 4.78 is 7.44. The summed E-state index contributed by atoms with van der Waals surface area (Å²) in [5, 5.41) is 4.74. The van der Waals surface area contributed by atoms with Gasteiger partial charge in [-0.3, -0.25) is 4.79 Å². The number of fused-ring (bicyclic) bond motifs is 2. The Kier molecular flexibility index (Phi) is 5.00. The first kappa shape index (κ1) is 20.4. The highest BCUT2D eigenvalue weighted by atomic mass is 16.5. The number of aromatic nitrogens is 4. The third-order valence-electron chi connectivity index (χ3n) is 6.23. The van der Waals surface area contributed by atoms with Crippen molar-refractivity contribution in [3.05, 3.63) is 83.2 Å². The lowest BCUT2D eigenvalue weighted by Crippen LogP contribution is -2.36. The molecule has 1 fully saturated rings. The molecule has 0 atom stereocenters. The molecular formula is C26H24N6O2. The zero-order valence-corrected chi connectivity index (χ0v) is 18.8. The Labute approximate surface area is 195 Å². The Balaban J connectivity index is 1.41. The fourth-order valence-electron chi connectivity index (χ4n) is 4.51. The van der Waals surface area contributed by atoms with Gasteiger partial charge in [-0.1, -0.05) is 0 Å². The highest BCUT2D eigenvalue weighted by Crippen LogP contribution is 2.29. The van der Waals surface area contributed by atoms with Gasteiger partial charge in [0.25, 0.3) is 5.56 Å². The quantitative estimate of drug-likeness (QED) is 0.426. The first-order valence-electron chi connectivity index (χ1n) is 11.3. The molecule has 0 spiro atoms. The third kappa shape index (κ3) is 3.68. The maximum absolute atomic E-state index is 12.7. The van der Waals surface area contributed by atoms with Crippen LogP contribution in [0.1, 0.15) is 5.56 Å². The molecule has 6 rings (SSSR count). The molecule has 5 aromatic rings. The van der Waals surface area contributed by atoms with Crippen molar-refractivity contribution in [2.24, 2.45) is 0 Å². The van der Waals surface area contributed by atoms with Gasteiger partial charge in [-0.05, 0) is 60.3 Å². The second kappa shape index (κ2) is 8.31. The number of nitrogens with one attached hydrogen (secondary N) is 2. The van der Waals surface area contributed by atoms with E-state index in [0.29, 0.717) is 11.2 Å². The number of anilines is 3. The molecule has 0 bridgehead atoms. The summed E-state index contributed by atoms with van der Waals surface area (Å²) in [7, 11) is 0. The van der Waals surface area contributed by atoms with Crippen LogP contribution in [0.5, 0.6) is 0 Å². The molecular weight excluding hydrogens is 428 g/mol. The number of pyridine rings is 3. The van der Waals surface area contributed by atoms with Crippen molar-refractivity contribution < 1.29 is 4.74 Å². The average molecular weight is 453 g/mol. The fourth-order valence-corrected chi connectivity index (χ4v) is 4.51. The van der Waals surface area contributed by atoms with Crippen molar-refractivity contribution in [1.29, 1.82) is 0 Å². The van der Waals surface area contributed by atoms with Crippen LogP contribution in [-0.2, 0) is 4.74 Å². The molecule has 4 aromatic heterocycles. The van der Waals surface area contributed by atoms with Gasteiger partial charge >= 0.3 is 0 Å². The van der Waals surface area contributed by atoms with Crippen molar-refractivity contribution in [3.8, 4) is 11.3 Å². The van der Waals surface area contributed by atoms with Gasteiger partial charge in [0.2, 0.25) is 0 Å². The van der Waals surface area contributed by atoms with Crippen LogP contribution in [-0.4, -0.2) is 45.7 Å². The summed E-state index contributed by atoms with van der Waals surface area (Å²) in [6.45, 7) is 5.30. The van der Waals surface area contributed by atoms with Gasteiger partial charge in [0, 0.05) is 54.8 Å². The van der Waals surface area contributed by atoms with Gasteiger partial charge in [0.1, 0.15) is 11.5 Å². The predicted octanol–water partition coefficient (Wildman–Crippen LogP) is 4.13. The lowest BCUT2D eigenvalue weighted by atomic mass is 10.1. The topological polar surface area (TPSA) is 87.5 Å². The van der Waals surface area contributed by atoms with E-state index in [1.165, 1.54) is 0 Å². The van der Waals surface area contributed by atoms with Crippen LogP contribution >= 0.6 is 0 Å². The van der Waals surface area contributed by atoms with Crippen molar-refractivity contribution >= 4 is 33.6 Å². The molecule has 2 N–H and O–H groups in total. The zero-order chi connectivity index (χ0) is 23.1. The Morgan fingerprint density at radius 1 is 1.09 bits per heavy atom. The molecule has 170 valence electrons.